The number of aliphatic hydroxyl groups excluding tert-OH is 1. The number of unbranched alkanes of at least 4 members (excludes halogenated alkanes) is 3. The third kappa shape index (κ3) is 5.96. The number of rotatable bonds is 7. The van der Waals surface area contributed by atoms with E-state index in [9.17, 15) is 18.3 Å². The van der Waals surface area contributed by atoms with E-state index in [1.807, 2.05) is 0 Å². The van der Waals surface area contributed by atoms with Gasteiger partial charge in [0.1, 0.15) is 5.75 Å². The number of hydrogen-bond donors (Lipinski definition) is 1. The van der Waals surface area contributed by atoms with Gasteiger partial charge in [-0.1, -0.05) is 50.8 Å². The first-order chi connectivity index (χ1) is 8.94. The molecule has 2 nitrogen and oxygen atoms in total. The number of hydrogen-bond acceptors (Lipinski definition) is 2. The lowest BCUT2D eigenvalue weighted by molar-refractivity contribution is -0.275. The number of alkyl halides is 3. The molecule has 0 saturated carbocycles. The van der Waals surface area contributed by atoms with Crippen LogP contribution < -0.4 is 4.74 Å². The summed E-state index contributed by atoms with van der Waals surface area (Å²) >= 11 is 0. The Morgan fingerprint density at radius 2 is 1.84 bits per heavy atom. The lowest BCUT2D eigenvalue weighted by Crippen LogP contribution is -2.18. The molecule has 1 rings (SSSR count). The van der Waals surface area contributed by atoms with E-state index in [0.29, 0.717) is 6.42 Å². The van der Waals surface area contributed by atoms with Crippen molar-refractivity contribution in [2.45, 2.75) is 51.5 Å². The first-order valence-corrected chi connectivity index (χ1v) is 6.46. The van der Waals surface area contributed by atoms with Gasteiger partial charge >= 0.3 is 6.36 Å². The van der Waals surface area contributed by atoms with Crippen molar-refractivity contribution in [3.63, 3.8) is 0 Å². The van der Waals surface area contributed by atoms with Crippen LogP contribution in [0.15, 0.2) is 24.3 Å². The Hall–Kier alpha value is -1.23. The second-order valence-corrected chi connectivity index (χ2v) is 4.45. The van der Waals surface area contributed by atoms with E-state index in [1.165, 1.54) is 18.2 Å². The Bertz CT molecular complexity index is 377. The molecule has 108 valence electrons. The summed E-state index contributed by atoms with van der Waals surface area (Å²) < 4.78 is 40.6. The minimum absolute atomic E-state index is 0.191. The van der Waals surface area contributed by atoms with Crippen molar-refractivity contribution in [3.05, 3.63) is 29.8 Å². The molecule has 1 aromatic rings. The zero-order valence-corrected chi connectivity index (χ0v) is 10.9. The van der Waals surface area contributed by atoms with Crippen molar-refractivity contribution >= 4 is 0 Å². The molecule has 1 N–H and O–H groups in total. The highest BCUT2D eigenvalue weighted by Crippen LogP contribution is 2.32. The summed E-state index contributed by atoms with van der Waals surface area (Å²) in [5, 5.41) is 9.95. The first-order valence-electron chi connectivity index (χ1n) is 6.46. The quantitative estimate of drug-likeness (QED) is 0.738. The van der Waals surface area contributed by atoms with Crippen LogP contribution in [0.3, 0.4) is 0 Å². The Balaban J connectivity index is 2.65. The van der Waals surface area contributed by atoms with Crippen LogP contribution in [-0.2, 0) is 0 Å². The first kappa shape index (κ1) is 15.8. The maximum Gasteiger partial charge on any atom is 0.573 e. The SMILES string of the molecule is CCCCCCC(O)c1ccccc1OC(F)(F)F. The van der Waals surface area contributed by atoms with E-state index in [-0.39, 0.29) is 11.3 Å². The summed E-state index contributed by atoms with van der Waals surface area (Å²) in [6.07, 6.45) is -1.32. The molecule has 5 heteroatoms. The van der Waals surface area contributed by atoms with Crippen molar-refractivity contribution in [1.29, 1.82) is 0 Å². The Labute approximate surface area is 111 Å². The largest absolute Gasteiger partial charge is 0.573 e. The van der Waals surface area contributed by atoms with E-state index in [2.05, 4.69) is 11.7 Å². The highest BCUT2D eigenvalue weighted by atomic mass is 19.4. The van der Waals surface area contributed by atoms with Crippen LogP contribution in [-0.4, -0.2) is 11.5 Å². The number of aliphatic hydroxyl groups is 1. The molecule has 0 bridgehead atoms. The van der Waals surface area contributed by atoms with Gasteiger partial charge in [-0.2, -0.15) is 0 Å². The number of halogens is 3. The van der Waals surface area contributed by atoms with E-state index in [0.717, 1.165) is 25.7 Å². The monoisotopic (exact) mass is 276 g/mol. The normalized spacial score (nSPS) is 13.3. The van der Waals surface area contributed by atoms with Crippen molar-refractivity contribution in [3.8, 4) is 5.75 Å². The number of ether oxygens (including phenoxy) is 1. The second kappa shape index (κ2) is 7.38. The molecular weight excluding hydrogens is 257 g/mol. The van der Waals surface area contributed by atoms with Crippen LogP contribution in [0.4, 0.5) is 13.2 Å². The van der Waals surface area contributed by atoms with E-state index < -0.39 is 12.5 Å². The highest BCUT2D eigenvalue weighted by Gasteiger charge is 2.32. The van der Waals surface area contributed by atoms with Gasteiger partial charge in [-0.15, -0.1) is 13.2 Å². The molecule has 19 heavy (non-hydrogen) atoms. The van der Waals surface area contributed by atoms with Crippen molar-refractivity contribution in [2.24, 2.45) is 0 Å². The van der Waals surface area contributed by atoms with Crippen molar-refractivity contribution < 1.29 is 23.0 Å². The number of para-hydroxylation sites is 1. The Morgan fingerprint density at radius 3 is 2.47 bits per heavy atom. The molecule has 0 aliphatic rings. The topological polar surface area (TPSA) is 29.5 Å². The lowest BCUT2D eigenvalue weighted by atomic mass is 10.0. The van der Waals surface area contributed by atoms with Crippen LogP contribution >= 0.6 is 0 Å². The van der Waals surface area contributed by atoms with Gasteiger partial charge in [0.25, 0.3) is 0 Å². The summed E-state index contributed by atoms with van der Waals surface area (Å²) in [5.41, 5.74) is 0.191. The Kier molecular flexibility index (Phi) is 6.15. The van der Waals surface area contributed by atoms with Gasteiger partial charge in [0.15, 0.2) is 0 Å². The maximum atomic E-state index is 12.2. The zero-order chi connectivity index (χ0) is 14.3. The predicted molar refractivity (Wildman–Crippen MR) is 66.8 cm³/mol. The smallest absolute Gasteiger partial charge is 0.405 e. The van der Waals surface area contributed by atoms with E-state index in [4.69, 9.17) is 0 Å². The van der Waals surface area contributed by atoms with E-state index in [1.54, 1.807) is 6.07 Å². The zero-order valence-electron chi connectivity index (χ0n) is 10.9. The molecule has 1 unspecified atom stereocenters. The highest BCUT2D eigenvalue weighted by molar-refractivity contribution is 5.35. The summed E-state index contributed by atoms with van der Waals surface area (Å²) in [6, 6.07) is 5.73. The van der Waals surface area contributed by atoms with Crippen LogP contribution in [0, 0.1) is 0 Å². The molecule has 0 radical (unpaired) electrons. The molecule has 0 fully saturated rings. The van der Waals surface area contributed by atoms with Crippen LogP contribution in [0.5, 0.6) is 5.75 Å². The fraction of sp³-hybridized carbons (Fsp3) is 0.571. The predicted octanol–water partition coefficient (Wildman–Crippen LogP) is 4.59. The molecule has 0 saturated heterocycles. The average Bonchev–Trinajstić information content (AvgIpc) is 2.33. The van der Waals surface area contributed by atoms with Gasteiger partial charge in [-0.3, -0.25) is 0 Å². The molecule has 0 heterocycles. The fourth-order valence-electron chi connectivity index (χ4n) is 1.89. The molecule has 0 amide bonds. The fourth-order valence-corrected chi connectivity index (χ4v) is 1.89. The minimum atomic E-state index is -4.74. The second-order valence-electron chi connectivity index (χ2n) is 4.45. The van der Waals surface area contributed by atoms with Gasteiger partial charge in [0.2, 0.25) is 0 Å². The van der Waals surface area contributed by atoms with Gasteiger partial charge in [0.05, 0.1) is 6.10 Å². The van der Waals surface area contributed by atoms with Gasteiger partial charge in [0, 0.05) is 5.56 Å². The van der Waals surface area contributed by atoms with Crippen LogP contribution in [0.25, 0.3) is 0 Å². The summed E-state index contributed by atoms with van der Waals surface area (Å²) in [6.45, 7) is 2.07. The van der Waals surface area contributed by atoms with Gasteiger partial charge < -0.3 is 9.84 Å². The molecule has 1 atom stereocenters. The summed E-state index contributed by atoms with van der Waals surface area (Å²) in [7, 11) is 0. The molecule has 0 aliphatic carbocycles. The lowest BCUT2D eigenvalue weighted by Gasteiger charge is -2.17. The average molecular weight is 276 g/mol. The van der Waals surface area contributed by atoms with Crippen molar-refractivity contribution in [1.82, 2.24) is 0 Å². The molecule has 1 aromatic carbocycles. The van der Waals surface area contributed by atoms with Gasteiger partial charge in [-0.05, 0) is 12.5 Å². The standard InChI is InChI=1S/C14H19F3O2/c1-2-3-4-5-9-12(18)11-8-6-7-10-13(11)19-14(15,16)17/h6-8,10,12,18H,2-5,9H2,1H3. The molecular formula is C14H19F3O2. The number of benzene rings is 1. The van der Waals surface area contributed by atoms with Crippen LogP contribution in [0.2, 0.25) is 0 Å². The Morgan fingerprint density at radius 1 is 1.16 bits per heavy atom. The molecule has 0 aliphatic heterocycles. The molecule has 0 spiro atoms. The summed E-state index contributed by atoms with van der Waals surface area (Å²) in [4.78, 5) is 0. The molecule has 0 aromatic heterocycles. The van der Waals surface area contributed by atoms with Crippen molar-refractivity contribution in [2.75, 3.05) is 0 Å². The third-order valence-electron chi connectivity index (χ3n) is 2.83. The maximum absolute atomic E-state index is 12.2. The summed E-state index contributed by atoms with van der Waals surface area (Å²) in [5.74, 6) is -0.321. The third-order valence-corrected chi connectivity index (χ3v) is 2.83. The minimum Gasteiger partial charge on any atom is -0.405 e. The van der Waals surface area contributed by atoms with E-state index >= 15 is 0 Å². The van der Waals surface area contributed by atoms with Gasteiger partial charge in [-0.25, -0.2) is 0 Å². The van der Waals surface area contributed by atoms with Crippen LogP contribution in [0.1, 0.15) is 50.7 Å².